The van der Waals surface area contributed by atoms with Gasteiger partial charge in [0.25, 0.3) is 5.78 Å². The van der Waals surface area contributed by atoms with Gasteiger partial charge in [-0.1, -0.05) is 12.1 Å². The molecule has 1 aromatic rings. The van der Waals surface area contributed by atoms with Gasteiger partial charge in [-0.05, 0) is 24.6 Å². The van der Waals surface area contributed by atoms with Gasteiger partial charge in [-0.3, -0.25) is 4.79 Å². The Morgan fingerprint density at radius 2 is 1.85 bits per heavy atom. The predicted molar refractivity (Wildman–Crippen MR) is 61.4 cm³/mol. The number of nitriles is 1. The number of ketones is 1. The smallest absolute Gasteiger partial charge is 0.416 e. The van der Waals surface area contributed by atoms with Crippen molar-refractivity contribution in [2.45, 2.75) is 19.0 Å². The molecule has 20 heavy (non-hydrogen) atoms. The molecule has 0 saturated heterocycles. The van der Waals surface area contributed by atoms with Crippen molar-refractivity contribution in [3.8, 4) is 6.07 Å². The number of halogens is 3. The lowest BCUT2D eigenvalue weighted by Gasteiger charge is -2.10. The molecule has 0 aliphatic heterocycles. The number of hydrogen-bond acceptors (Lipinski definition) is 4. The number of ether oxygens (including phenoxy) is 1. The van der Waals surface area contributed by atoms with Crippen LogP contribution in [0.15, 0.2) is 24.3 Å². The number of benzene rings is 1. The maximum atomic E-state index is 12.4. The number of carbonyl (C=O) groups is 2. The minimum absolute atomic E-state index is 0.0125. The molecule has 0 saturated carbocycles. The van der Waals surface area contributed by atoms with E-state index in [4.69, 9.17) is 5.26 Å². The second-order valence-electron chi connectivity index (χ2n) is 3.77. The summed E-state index contributed by atoms with van der Waals surface area (Å²) >= 11 is 0. The fraction of sp³-hybridized carbons (Fsp3) is 0.308. The van der Waals surface area contributed by atoms with E-state index in [1.807, 2.05) is 0 Å². The minimum Gasteiger partial charge on any atom is -0.460 e. The third-order valence-electron chi connectivity index (χ3n) is 2.44. The molecule has 1 aromatic carbocycles. The van der Waals surface area contributed by atoms with E-state index in [0.29, 0.717) is 0 Å². The van der Waals surface area contributed by atoms with Crippen molar-refractivity contribution >= 4 is 11.8 Å². The van der Waals surface area contributed by atoms with Crippen molar-refractivity contribution in [3.05, 3.63) is 35.4 Å². The predicted octanol–water partition coefficient (Wildman–Crippen LogP) is 2.44. The van der Waals surface area contributed by atoms with Gasteiger partial charge in [0.2, 0.25) is 0 Å². The molecule has 0 aromatic heterocycles. The number of hydrogen-bond donors (Lipinski definition) is 0. The summed E-state index contributed by atoms with van der Waals surface area (Å²) < 4.78 is 41.6. The molecular weight excluding hydrogens is 275 g/mol. The molecule has 0 N–H and O–H groups in total. The molecule has 0 fully saturated rings. The Kier molecular flexibility index (Phi) is 4.86. The first-order valence-electron chi connectivity index (χ1n) is 5.59. The normalized spacial score (nSPS) is 12.3. The van der Waals surface area contributed by atoms with Gasteiger partial charge in [-0.2, -0.15) is 18.4 Å². The SMILES string of the molecule is CCOC(=O)C(=O)C(C#N)c1ccc(C(F)(F)F)cc1. The molecule has 1 rings (SSSR count). The van der Waals surface area contributed by atoms with Crippen molar-refractivity contribution in [2.75, 3.05) is 6.61 Å². The summed E-state index contributed by atoms with van der Waals surface area (Å²) in [5.41, 5.74) is -0.889. The van der Waals surface area contributed by atoms with E-state index >= 15 is 0 Å². The molecule has 0 radical (unpaired) electrons. The van der Waals surface area contributed by atoms with E-state index in [0.717, 1.165) is 24.3 Å². The van der Waals surface area contributed by atoms with Gasteiger partial charge in [-0.25, -0.2) is 4.79 Å². The number of nitrogens with zero attached hydrogens (tertiary/aromatic N) is 1. The molecule has 1 atom stereocenters. The number of esters is 1. The topological polar surface area (TPSA) is 67.2 Å². The third-order valence-corrected chi connectivity index (χ3v) is 2.44. The maximum Gasteiger partial charge on any atom is 0.416 e. The van der Waals surface area contributed by atoms with Crippen molar-refractivity contribution in [1.29, 1.82) is 5.26 Å². The van der Waals surface area contributed by atoms with Crippen LogP contribution in [0.5, 0.6) is 0 Å². The van der Waals surface area contributed by atoms with Crippen LogP contribution in [0.1, 0.15) is 24.0 Å². The molecule has 0 aliphatic rings. The summed E-state index contributed by atoms with van der Waals surface area (Å²) in [6, 6.07) is 5.07. The van der Waals surface area contributed by atoms with Crippen molar-refractivity contribution in [2.24, 2.45) is 0 Å². The standard InChI is InChI=1S/C13H10F3NO3/c1-2-20-12(19)11(18)10(7-17)8-3-5-9(6-4-8)13(14,15)16/h3-6,10H,2H2,1H3. The lowest BCUT2D eigenvalue weighted by atomic mass is 9.95. The number of alkyl halides is 3. The molecule has 0 heterocycles. The highest BCUT2D eigenvalue weighted by Gasteiger charge is 2.32. The second kappa shape index (κ2) is 6.19. The van der Waals surface area contributed by atoms with Gasteiger partial charge in [-0.15, -0.1) is 0 Å². The van der Waals surface area contributed by atoms with E-state index in [2.05, 4.69) is 4.74 Å². The highest BCUT2D eigenvalue weighted by Crippen LogP contribution is 2.30. The van der Waals surface area contributed by atoms with Crippen LogP contribution in [0.25, 0.3) is 0 Å². The maximum absolute atomic E-state index is 12.4. The first kappa shape index (κ1) is 15.7. The Morgan fingerprint density at radius 3 is 2.25 bits per heavy atom. The lowest BCUT2D eigenvalue weighted by Crippen LogP contribution is -2.23. The molecule has 7 heteroatoms. The van der Waals surface area contributed by atoms with Gasteiger partial charge in [0.15, 0.2) is 0 Å². The highest BCUT2D eigenvalue weighted by atomic mass is 19.4. The van der Waals surface area contributed by atoms with E-state index in [9.17, 15) is 22.8 Å². The zero-order chi connectivity index (χ0) is 15.3. The van der Waals surface area contributed by atoms with Crippen LogP contribution in [0.3, 0.4) is 0 Å². The van der Waals surface area contributed by atoms with Gasteiger partial charge in [0.1, 0.15) is 5.92 Å². The van der Waals surface area contributed by atoms with Crippen LogP contribution < -0.4 is 0 Å². The van der Waals surface area contributed by atoms with Crippen LogP contribution >= 0.6 is 0 Å². The summed E-state index contributed by atoms with van der Waals surface area (Å²) in [6.07, 6.45) is -4.51. The molecule has 0 amide bonds. The van der Waals surface area contributed by atoms with E-state index in [1.54, 1.807) is 6.07 Å². The fourth-order valence-electron chi connectivity index (χ4n) is 1.47. The third kappa shape index (κ3) is 3.57. The summed E-state index contributed by atoms with van der Waals surface area (Å²) in [4.78, 5) is 22.9. The zero-order valence-electron chi connectivity index (χ0n) is 10.4. The average Bonchev–Trinajstić information content (AvgIpc) is 2.39. The Morgan fingerprint density at radius 1 is 1.30 bits per heavy atom. The number of Topliss-reactive ketones (excluding diaryl/α,β-unsaturated/α-hetero) is 1. The van der Waals surface area contributed by atoms with E-state index in [1.165, 1.54) is 6.92 Å². The van der Waals surface area contributed by atoms with Crippen LogP contribution in [0.2, 0.25) is 0 Å². The highest BCUT2D eigenvalue weighted by molar-refractivity contribution is 6.36. The Hall–Kier alpha value is -2.36. The second-order valence-corrected chi connectivity index (χ2v) is 3.77. The molecule has 4 nitrogen and oxygen atoms in total. The summed E-state index contributed by atoms with van der Waals surface area (Å²) in [5, 5.41) is 8.90. The van der Waals surface area contributed by atoms with Crippen molar-refractivity contribution in [3.63, 3.8) is 0 Å². The first-order chi connectivity index (χ1) is 9.31. The van der Waals surface area contributed by atoms with Crippen LogP contribution in [0, 0.1) is 11.3 Å². The fourth-order valence-corrected chi connectivity index (χ4v) is 1.47. The monoisotopic (exact) mass is 285 g/mol. The molecule has 106 valence electrons. The van der Waals surface area contributed by atoms with Crippen molar-refractivity contribution in [1.82, 2.24) is 0 Å². The van der Waals surface area contributed by atoms with Crippen LogP contribution in [-0.4, -0.2) is 18.4 Å². The lowest BCUT2D eigenvalue weighted by molar-refractivity contribution is -0.153. The average molecular weight is 285 g/mol. The molecular formula is C13H10F3NO3. The van der Waals surface area contributed by atoms with E-state index in [-0.39, 0.29) is 12.2 Å². The van der Waals surface area contributed by atoms with Gasteiger partial charge >= 0.3 is 12.1 Å². The molecule has 0 aliphatic carbocycles. The zero-order valence-corrected chi connectivity index (χ0v) is 10.4. The summed E-state index contributed by atoms with van der Waals surface area (Å²) in [6.45, 7) is 1.46. The quantitative estimate of drug-likeness (QED) is 0.629. The van der Waals surface area contributed by atoms with Crippen LogP contribution in [-0.2, 0) is 20.5 Å². The Bertz CT molecular complexity index is 543. The summed E-state index contributed by atoms with van der Waals surface area (Å²) in [5.74, 6) is -3.76. The Labute approximate surface area is 112 Å². The van der Waals surface area contributed by atoms with Gasteiger partial charge in [0.05, 0.1) is 18.2 Å². The van der Waals surface area contributed by atoms with Gasteiger partial charge < -0.3 is 4.74 Å². The number of rotatable bonds is 4. The van der Waals surface area contributed by atoms with Crippen molar-refractivity contribution < 1.29 is 27.5 Å². The largest absolute Gasteiger partial charge is 0.460 e. The van der Waals surface area contributed by atoms with Gasteiger partial charge in [0, 0.05) is 0 Å². The molecule has 0 bridgehead atoms. The minimum atomic E-state index is -4.51. The Balaban J connectivity index is 3.00. The number of carbonyl (C=O) groups excluding carboxylic acids is 2. The molecule has 0 spiro atoms. The summed E-state index contributed by atoms with van der Waals surface area (Å²) in [7, 11) is 0. The molecule has 1 unspecified atom stereocenters. The van der Waals surface area contributed by atoms with Crippen LogP contribution in [0.4, 0.5) is 13.2 Å². The first-order valence-corrected chi connectivity index (χ1v) is 5.59. The van der Waals surface area contributed by atoms with E-state index < -0.39 is 29.4 Å².